The fourth-order valence-corrected chi connectivity index (χ4v) is 1.73. The zero-order valence-electron chi connectivity index (χ0n) is 10.2. The summed E-state index contributed by atoms with van der Waals surface area (Å²) in [6, 6.07) is 11.2. The molecule has 0 amide bonds. The Morgan fingerprint density at radius 3 is 2.56 bits per heavy atom. The van der Waals surface area contributed by atoms with E-state index in [0.717, 1.165) is 11.1 Å². The van der Waals surface area contributed by atoms with Crippen LogP contribution >= 0.6 is 0 Å². The monoisotopic (exact) mass is 240 g/mol. The minimum Gasteiger partial charge on any atom is -0.493 e. The zero-order chi connectivity index (χ0) is 13.0. The Bertz CT molecular complexity index is 603. The molecule has 0 spiro atoms. The largest absolute Gasteiger partial charge is 0.493 e. The summed E-state index contributed by atoms with van der Waals surface area (Å²) in [6.45, 7) is 0. The molecule has 0 radical (unpaired) electrons. The lowest BCUT2D eigenvalue weighted by Gasteiger charge is -2.10. The minimum absolute atomic E-state index is 0.393. The van der Waals surface area contributed by atoms with E-state index in [9.17, 15) is 0 Å². The fourth-order valence-electron chi connectivity index (χ4n) is 1.73. The van der Waals surface area contributed by atoms with Crippen molar-refractivity contribution in [1.82, 2.24) is 4.98 Å². The van der Waals surface area contributed by atoms with Crippen LogP contribution in [0.25, 0.3) is 11.1 Å². The highest BCUT2D eigenvalue weighted by Crippen LogP contribution is 2.32. The molecular formula is C14H12N2O2. The zero-order valence-corrected chi connectivity index (χ0v) is 10.2. The topological polar surface area (TPSA) is 55.1 Å². The SMILES string of the molecule is COc1ccc(-c2cccnc2C#N)cc1OC. The fraction of sp³-hybridized carbons (Fsp3) is 0.143. The van der Waals surface area contributed by atoms with E-state index in [0.29, 0.717) is 17.2 Å². The van der Waals surface area contributed by atoms with Crippen LogP contribution in [0, 0.1) is 11.3 Å². The summed E-state index contributed by atoms with van der Waals surface area (Å²) >= 11 is 0. The van der Waals surface area contributed by atoms with Crippen LogP contribution in [0.2, 0.25) is 0 Å². The van der Waals surface area contributed by atoms with E-state index in [-0.39, 0.29) is 0 Å². The van der Waals surface area contributed by atoms with Crippen LogP contribution < -0.4 is 9.47 Å². The average Bonchev–Trinajstić information content (AvgIpc) is 2.46. The Morgan fingerprint density at radius 1 is 1.11 bits per heavy atom. The van der Waals surface area contributed by atoms with Crippen LogP contribution in [-0.2, 0) is 0 Å². The first-order chi connectivity index (χ1) is 8.80. The third kappa shape index (κ3) is 2.11. The van der Waals surface area contributed by atoms with Crippen LogP contribution in [0.1, 0.15) is 5.69 Å². The molecule has 0 saturated carbocycles. The second-order valence-electron chi connectivity index (χ2n) is 3.58. The first-order valence-corrected chi connectivity index (χ1v) is 5.37. The summed E-state index contributed by atoms with van der Waals surface area (Å²) in [4.78, 5) is 4.04. The van der Waals surface area contributed by atoms with Crippen molar-refractivity contribution in [3.63, 3.8) is 0 Å². The Morgan fingerprint density at radius 2 is 1.89 bits per heavy atom. The molecule has 4 nitrogen and oxygen atoms in total. The summed E-state index contributed by atoms with van der Waals surface area (Å²) in [7, 11) is 3.17. The van der Waals surface area contributed by atoms with E-state index < -0.39 is 0 Å². The van der Waals surface area contributed by atoms with Crippen molar-refractivity contribution in [3.05, 3.63) is 42.2 Å². The van der Waals surface area contributed by atoms with Gasteiger partial charge in [-0.1, -0.05) is 6.07 Å². The van der Waals surface area contributed by atoms with Gasteiger partial charge in [-0.3, -0.25) is 0 Å². The molecule has 2 aromatic rings. The number of rotatable bonds is 3. The Labute approximate surface area is 105 Å². The molecule has 90 valence electrons. The number of ether oxygens (including phenoxy) is 2. The van der Waals surface area contributed by atoms with Crippen molar-refractivity contribution < 1.29 is 9.47 Å². The normalized spacial score (nSPS) is 9.61. The quantitative estimate of drug-likeness (QED) is 0.827. The van der Waals surface area contributed by atoms with Crippen molar-refractivity contribution >= 4 is 0 Å². The van der Waals surface area contributed by atoms with Gasteiger partial charge in [0.25, 0.3) is 0 Å². The van der Waals surface area contributed by atoms with Crippen molar-refractivity contribution in [3.8, 4) is 28.7 Å². The van der Waals surface area contributed by atoms with E-state index in [1.165, 1.54) is 0 Å². The predicted molar refractivity (Wildman–Crippen MR) is 67.5 cm³/mol. The van der Waals surface area contributed by atoms with E-state index in [1.807, 2.05) is 24.3 Å². The highest BCUT2D eigenvalue weighted by atomic mass is 16.5. The standard InChI is InChI=1S/C14H12N2O2/c1-17-13-6-5-10(8-14(13)18-2)11-4-3-7-16-12(11)9-15/h3-8H,1-2H3. The van der Waals surface area contributed by atoms with E-state index >= 15 is 0 Å². The molecule has 18 heavy (non-hydrogen) atoms. The van der Waals surface area contributed by atoms with E-state index in [1.54, 1.807) is 26.5 Å². The molecule has 0 saturated heterocycles. The van der Waals surface area contributed by atoms with Crippen molar-refractivity contribution in [1.29, 1.82) is 5.26 Å². The molecule has 0 unspecified atom stereocenters. The van der Waals surface area contributed by atoms with Gasteiger partial charge in [0.05, 0.1) is 14.2 Å². The average molecular weight is 240 g/mol. The first kappa shape index (κ1) is 11.9. The highest BCUT2D eigenvalue weighted by molar-refractivity contribution is 5.71. The maximum absolute atomic E-state index is 9.04. The molecular weight excluding hydrogens is 228 g/mol. The molecule has 0 aliphatic rings. The number of aromatic nitrogens is 1. The smallest absolute Gasteiger partial charge is 0.161 e. The van der Waals surface area contributed by atoms with Gasteiger partial charge in [-0.15, -0.1) is 0 Å². The second-order valence-corrected chi connectivity index (χ2v) is 3.58. The van der Waals surface area contributed by atoms with Crippen LogP contribution in [0.4, 0.5) is 0 Å². The molecule has 0 N–H and O–H groups in total. The van der Waals surface area contributed by atoms with Crippen LogP contribution in [0.15, 0.2) is 36.5 Å². The Hall–Kier alpha value is -2.54. The summed E-state index contributed by atoms with van der Waals surface area (Å²) in [5, 5.41) is 9.04. The molecule has 1 heterocycles. The molecule has 0 aliphatic carbocycles. The lowest BCUT2D eigenvalue weighted by molar-refractivity contribution is 0.355. The van der Waals surface area contributed by atoms with Gasteiger partial charge in [0.1, 0.15) is 11.8 Å². The van der Waals surface area contributed by atoms with Crippen molar-refractivity contribution in [2.24, 2.45) is 0 Å². The molecule has 1 aromatic heterocycles. The number of nitriles is 1. The number of pyridine rings is 1. The van der Waals surface area contributed by atoms with E-state index in [4.69, 9.17) is 14.7 Å². The van der Waals surface area contributed by atoms with Crippen LogP contribution in [0.3, 0.4) is 0 Å². The Kier molecular flexibility index (Phi) is 3.44. The number of hydrogen-bond donors (Lipinski definition) is 0. The van der Waals surface area contributed by atoms with Crippen LogP contribution in [-0.4, -0.2) is 19.2 Å². The summed E-state index contributed by atoms with van der Waals surface area (Å²) in [5.74, 6) is 1.28. The van der Waals surface area contributed by atoms with Gasteiger partial charge in [0.2, 0.25) is 0 Å². The van der Waals surface area contributed by atoms with Gasteiger partial charge < -0.3 is 9.47 Å². The lowest BCUT2D eigenvalue weighted by atomic mass is 10.0. The molecule has 0 aliphatic heterocycles. The molecule has 0 bridgehead atoms. The molecule has 4 heteroatoms. The second kappa shape index (κ2) is 5.19. The molecule has 1 aromatic carbocycles. The maximum atomic E-state index is 9.04. The molecule has 0 fully saturated rings. The number of benzene rings is 1. The van der Waals surface area contributed by atoms with Gasteiger partial charge in [0.15, 0.2) is 11.5 Å². The Balaban J connectivity index is 2.55. The van der Waals surface area contributed by atoms with E-state index in [2.05, 4.69) is 11.1 Å². The van der Waals surface area contributed by atoms with Gasteiger partial charge in [0, 0.05) is 11.8 Å². The lowest BCUT2D eigenvalue weighted by Crippen LogP contribution is -1.92. The number of hydrogen-bond acceptors (Lipinski definition) is 4. The number of methoxy groups -OCH3 is 2. The first-order valence-electron chi connectivity index (χ1n) is 5.37. The number of nitrogens with zero attached hydrogens (tertiary/aromatic N) is 2. The highest BCUT2D eigenvalue weighted by Gasteiger charge is 2.09. The molecule has 2 rings (SSSR count). The molecule has 0 atom stereocenters. The maximum Gasteiger partial charge on any atom is 0.161 e. The third-order valence-corrected chi connectivity index (χ3v) is 2.61. The van der Waals surface area contributed by atoms with Crippen molar-refractivity contribution in [2.45, 2.75) is 0 Å². The van der Waals surface area contributed by atoms with Gasteiger partial charge in [-0.25, -0.2) is 4.98 Å². The van der Waals surface area contributed by atoms with Gasteiger partial charge in [-0.05, 0) is 29.8 Å². The summed E-state index contributed by atoms with van der Waals surface area (Å²) < 4.78 is 10.4. The van der Waals surface area contributed by atoms with Gasteiger partial charge >= 0.3 is 0 Å². The summed E-state index contributed by atoms with van der Waals surface area (Å²) in [6.07, 6.45) is 1.60. The summed E-state index contributed by atoms with van der Waals surface area (Å²) in [5.41, 5.74) is 2.04. The van der Waals surface area contributed by atoms with Gasteiger partial charge in [-0.2, -0.15) is 5.26 Å². The predicted octanol–water partition coefficient (Wildman–Crippen LogP) is 2.64. The van der Waals surface area contributed by atoms with Crippen LogP contribution in [0.5, 0.6) is 11.5 Å². The van der Waals surface area contributed by atoms with Crippen molar-refractivity contribution in [2.75, 3.05) is 14.2 Å². The minimum atomic E-state index is 0.393. The third-order valence-electron chi connectivity index (χ3n) is 2.61.